The molecule has 1 aliphatic heterocycles. The van der Waals surface area contributed by atoms with E-state index in [9.17, 15) is 4.39 Å². The van der Waals surface area contributed by atoms with Crippen molar-refractivity contribution in [3.05, 3.63) is 94.2 Å². The van der Waals surface area contributed by atoms with Gasteiger partial charge in [0.25, 0.3) is 0 Å². The molecule has 4 rings (SSSR count). The van der Waals surface area contributed by atoms with Crippen LogP contribution in [-0.4, -0.2) is 12.8 Å². The van der Waals surface area contributed by atoms with Crippen LogP contribution in [0.1, 0.15) is 23.6 Å². The van der Waals surface area contributed by atoms with Gasteiger partial charge in [-0.2, -0.15) is 5.10 Å². The number of anilines is 1. The molecule has 0 aliphatic carbocycles. The van der Waals surface area contributed by atoms with Gasteiger partial charge in [0, 0.05) is 10.9 Å². The average Bonchev–Trinajstić information content (AvgIpc) is 3.14. The molecule has 1 heterocycles. The van der Waals surface area contributed by atoms with Gasteiger partial charge < -0.3 is 4.74 Å². The monoisotopic (exact) mass is 424 g/mol. The summed E-state index contributed by atoms with van der Waals surface area (Å²) in [6.45, 7) is 0. The van der Waals surface area contributed by atoms with Crippen LogP contribution in [0.15, 0.2) is 82.4 Å². The molecule has 3 aromatic carbocycles. The molecule has 0 radical (unpaired) electrons. The first kappa shape index (κ1) is 17.7. The van der Waals surface area contributed by atoms with Crippen LogP contribution in [0, 0.1) is 5.82 Å². The Hall–Kier alpha value is -2.66. The molecule has 0 amide bonds. The molecule has 0 unspecified atom stereocenters. The Balaban J connectivity index is 1.75. The van der Waals surface area contributed by atoms with Crippen LogP contribution in [0.4, 0.5) is 10.1 Å². The molecular weight excluding hydrogens is 407 g/mol. The molecule has 5 heteroatoms. The highest BCUT2D eigenvalue weighted by atomic mass is 79.9. The highest BCUT2D eigenvalue weighted by molar-refractivity contribution is 9.10. The number of halogens is 2. The van der Waals surface area contributed by atoms with Gasteiger partial charge in [-0.3, -0.25) is 5.01 Å². The summed E-state index contributed by atoms with van der Waals surface area (Å²) in [6.07, 6.45) is 0.697. The molecule has 1 aliphatic rings. The van der Waals surface area contributed by atoms with E-state index in [1.807, 2.05) is 42.5 Å². The third-order valence-electron chi connectivity index (χ3n) is 4.69. The maximum atomic E-state index is 14.5. The van der Waals surface area contributed by atoms with Gasteiger partial charge in [-0.15, -0.1) is 0 Å². The first-order chi connectivity index (χ1) is 13.2. The minimum absolute atomic E-state index is 0.0629. The van der Waals surface area contributed by atoms with E-state index in [4.69, 9.17) is 9.84 Å². The maximum Gasteiger partial charge on any atom is 0.148 e. The first-order valence-corrected chi connectivity index (χ1v) is 9.46. The summed E-state index contributed by atoms with van der Waals surface area (Å²) in [7, 11) is 1.64. The Kier molecular flexibility index (Phi) is 4.94. The lowest BCUT2D eigenvalue weighted by atomic mass is 9.98. The fourth-order valence-electron chi connectivity index (χ4n) is 3.27. The Labute approximate surface area is 166 Å². The largest absolute Gasteiger partial charge is 0.497 e. The summed E-state index contributed by atoms with van der Waals surface area (Å²) in [5.41, 5.74) is 3.51. The predicted molar refractivity (Wildman–Crippen MR) is 110 cm³/mol. The fourth-order valence-corrected chi connectivity index (χ4v) is 3.54. The van der Waals surface area contributed by atoms with Crippen LogP contribution >= 0.6 is 15.9 Å². The molecule has 3 nitrogen and oxygen atoms in total. The number of hydrogen-bond donors (Lipinski definition) is 0. The number of rotatable bonds is 4. The van der Waals surface area contributed by atoms with Gasteiger partial charge in [0.2, 0.25) is 0 Å². The Morgan fingerprint density at radius 2 is 1.70 bits per heavy atom. The highest BCUT2D eigenvalue weighted by Crippen LogP contribution is 2.38. The maximum absolute atomic E-state index is 14.5. The van der Waals surface area contributed by atoms with Crippen molar-refractivity contribution in [2.75, 3.05) is 12.1 Å². The van der Waals surface area contributed by atoms with Crippen LogP contribution in [0.25, 0.3) is 0 Å². The molecule has 27 heavy (non-hydrogen) atoms. The van der Waals surface area contributed by atoms with E-state index in [1.165, 1.54) is 6.07 Å². The molecule has 0 spiro atoms. The molecule has 1 atom stereocenters. The number of nitrogens with zero attached hydrogens (tertiary/aromatic N) is 2. The van der Waals surface area contributed by atoms with E-state index in [2.05, 4.69) is 28.1 Å². The molecule has 0 saturated heterocycles. The van der Waals surface area contributed by atoms with E-state index < -0.39 is 0 Å². The van der Waals surface area contributed by atoms with Gasteiger partial charge in [0.15, 0.2) is 0 Å². The van der Waals surface area contributed by atoms with Crippen molar-refractivity contribution in [2.45, 2.75) is 12.5 Å². The van der Waals surface area contributed by atoms with Crippen molar-refractivity contribution in [1.82, 2.24) is 0 Å². The predicted octanol–water partition coefficient (Wildman–Crippen LogP) is 5.95. The van der Waals surface area contributed by atoms with Gasteiger partial charge in [-0.05, 0) is 59.7 Å². The molecule has 0 aromatic heterocycles. The molecule has 3 aromatic rings. The second-order valence-electron chi connectivity index (χ2n) is 6.34. The highest BCUT2D eigenvalue weighted by Gasteiger charge is 2.31. The van der Waals surface area contributed by atoms with Crippen LogP contribution < -0.4 is 9.75 Å². The summed E-state index contributed by atoms with van der Waals surface area (Å²) in [5, 5.41) is 6.57. The lowest BCUT2D eigenvalue weighted by molar-refractivity contribution is 0.415. The minimum atomic E-state index is -0.278. The normalized spacial score (nSPS) is 16.3. The van der Waals surface area contributed by atoms with E-state index in [0.717, 1.165) is 27.1 Å². The van der Waals surface area contributed by atoms with Crippen LogP contribution in [0.3, 0.4) is 0 Å². The standard InChI is InChI=1S/C22H18BrFN2O/c1-27-18-12-8-15(9-13-18)20-14-22(16-6-10-17(23)11-7-16)26(25-20)21-5-3-2-4-19(21)24/h2-13,22H,14H2,1H3/t22-/m0/s1. The summed E-state index contributed by atoms with van der Waals surface area (Å²) in [4.78, 5) is 0. The van der Waals surface area contributed by atoms with Crippen molar-refractivity contribution < 1.29 is 9.13 Å². The van der Waals surface area contributed by atoms with Gasteiger partial charge in [-0.25, -0.2) is 4.39 Å². The second-order valence-corrected chi connectivity index (χ2v) is 7.26. The summed E-state index contributed by atoms with van der Waals surface area (Å²) in [6, 6.07) is 22.6. The van der Waals surface area contributed by atoms with E-state index in [-0.39, 0.29) is 11.9 Å². The number of para-hydroxylation sites is 1. The molecule has 0 bridgehead atoms. The summed E-state index contributed by atoms with van der Waals surface area (Å²) in [5.74, 6) is 0.520. The summed E-state index contributed by atoms with van der Waals surface area (Å²) >= 11 is 3.47. The van der Waals surface area contributed by atoms with Crippen molar-refractivity contribution in [3.8, 4) is 5.75 Å². The minimum Gasteiger partial charge on any atom is -0.497 e. The van der Waals surface area contributed by atoms with Gasteiger partial charge in [0.05, 0.1) is 24.6 Å². The third-order valence-corrected chi connectivity index (χ3v) is 5.22. The number of methoxy groups -OCH3 is 1. The zero-order valence-electron chi connectivity index (χ0n) is 14.8. The van der Waals surface area contributed by atoms with Gasteiger partial charge in [0.1, 0.15) is 11.6 Å². The lowest BCUT2D eigenvalue weighted by Gasteiger charge is -2.24. The zero-order valence-corrected chi connectivity index (χ0v) is 16.4. The average molecular weight is 425 g/mol. The van der Waals surface area contributed by atoms with Crippen LogP contribution in [0.5, 0.6) is 5.75 Å². The zero-order chi connectivity index (χ0) is 18.8. The summed E-state index contributed by atoms with van der Waals surface area (Å²) < 4.78 is 20.7. The van der Waals surface area contributed by atoms with Gasteiger partial charge >= 0.3 is 0 Å². The number of hydrazone groups is 1. The van der Waals surface area contributed by atoms with Crippen molar-refractivity contribution in [3.63, 3.8) is 0 Å². The van der Waals surface area contributed by atoms with E-state index in [0.29, 0.717) is 12.1 Å². The molecular formula is C22H18BrFN2O. The molecule has 0 saturated carbocycles. The Morgan fingerprint density at radius 3 is 2.37 bits per heavy atom. The molecule has 0 fully saturated rings. The quantitative estimate of drug-likeness (QED) is 0.516. The van der Waals surface area contributed by atoms with Crippen molar-refractivity contribution >= 4 is 27.3 Å². The number of hydrogen-bond acceptors (Lipinski definition) is 3. The van der Waals surface area contributed by atoms with E-state index >= 15 is 0 Å². The van der Waals surface area contributed by atoms with Crippen molar-refractivity contribution in [1.29, 1.82) is 0 Å². The first-order valence-electron chi connectivity index (χ1n) is 8.67. The number of benzene rings is 3. The second kappa shape index (κ2) is 7.53. The SMILES string of the molecule is COc1ccc(C2=NN(c3ccccc3F)[C@H](c3ccc(Br)cc3)C2)cc1. The van der Waals surface area contributed by atoms with Crippen LogP contribution in [-0.2, 0) is 0 Å². The molecule has 136 valence electrons. The topological polar surface area (TPSA) is 24.8 Å². The van der Waals surface area contributed by atoms with Crippen molar-refractivity contribution in [2.24, 2.45) is 5.10 Å². The van der Waals surface area contributed by atoms with E-state index in [1.54, 1.807) is 24.3 Å². The Bertz CT molecular complexity index is 970. The Morgan fingerprint density at radius 1 is 1.00 bits per heavy atom. The van der Waals surface area contributed by atoms with Crippen LogP contribution in [0.2, 0.25) is 0 Å². The third kappa shape index (κ3) is 3.60. The molecule has 0 N–H and O–H groups in total. The smallest absolute Gasteiger partial charge is 0.148 e. The number of ether oxygens (including phenoxy) is 1. The fraction of sp³-hybridized carbons (Fsp3) is 0.136. The van der Waals surface area contributed by atoms with Gasteiger partial charge in [-0.1, -0.05) is 40.2 Å². The lowest BCUT2D eigenvalue weighted by Crippen LogP contribution is -2.19.